The number of nitrogens with zero attached hydrogens (tertiary/aromatic N) is 5. The van der Waals surface area contributed by atoms with Gasteiger partial charge in [-0.05, 0) is 26.0 Å². The number of ether oxygens (including phenoxy) is 3. The Balaban J connectivity index is 1.46. The quantitative estimate of drug-likeness (QED) is 0.562. The van der Waals surface area contributed by atoms with Crippen molar-refractivity contribution in [3.05, 3.63) is 30.5 Å². The fourth-order valence-electron chi connectivity index (χ4n) is 4.02. The van der Waals surface area contributed by atoms with E-state index in [-0.39, 0.29) is 4.90 Å². The number of anilines is 2. The number of benzene rings is 1. The van der Waals surface area contributed by atoms with Crippen molar-refractivity contribution in [1.29, 1.82) is 0 Å². The normalized spacial score (nSPS) is 17.8. The first kappa shape index (κ1) is 23.5. The Morgan fingerprint density at radius 3 is 2.36 bits per heavy atom. The Morgan fingerprint density at radius 2 is 1.67 bits per heavy atom. The maximum atomic E-state index is 13.4. The zero-order valence-corrected chi connectivity index (χ0v) is 20.0. The Kier molecular flexibility index (Phi) is 7.51. The second kappa shape index (κ2) is 10.5. The lowest BCUT2D eigenvalue weighted by Gasteiger charge is -2.35. The molecule has 1 aromatic heterocycles. The second-order valence-electron chi connectivity index (χ2n) is 7.74. The van der Waals surface area contributed by atoms with Gasteiger partial charge in [0.25, 0.3) is 0 Å². The van der Waals surface area contributed by atoms with Gasteiger partial charge in [0.05, 0.1) is 38.3 Å². The van der Waals surface area contributed by atoms with Crippen LogP contribution in [-0.4, -0.2) is 88.6 Å². The molecule has 180 valence electrons. The molecular formula is C22H31N5O5S. The zero-order chi connectivity index (χ0) is 23.3. The molecule has 2 aromatic rings. The number of hydrogen-bond donors (Lipinski definition) is 0. The molecule has 3 heterocycles. The highest BCUT2D eigenvalue weighted by molar-refractivity contribution is 7.89. The summed E-state index contributed by atoms with van der Waals surface area (Å²) in [5.41, 5.74) is 1.01. The van der Waals surface area contributed by atoms with E-state index in [0.717, 1.165) is 24.6 Å². The number of aromatic nitrogens is 2. The van der Waals surface area contributed by atoms with Crippen molar-refractivity contribution in [1.82, 2.24) is 14.5 Å². The molecule has 4 rings (SSSR count). The van der Waals surface area contributed by atoms with E-state index in [1.54, 1.807) is 24.4 Å². The molecule has 2 aliphatic rings. The van der Waals surface area contributed by atoms with E-state index >= 15 is 0 Å². The van der Waals surface area contributed by atoms with Gasteiger partial charge in [0.1, 0.15) is 16.4 Å². The summed E-state index contributed by atoms with van der Waals surface area (Å²) in [6.07, 6.45) is 1.76. The molecule has 0 atom stereocenters. The molecule has 1 aromatic carbocycles. The largest absolute Gasteiger partial charge is 0.494 e. The molecule has 0 N–H and O–H groups in total. The van der Waals surface area contributed by atoms with Crippen LogP contribution in [0.15, 0.2) is 35.4 Å². The number of sulfonamides is 1. The highest BCUT2D eigenvalue weighted by atomic mass is 32.2. The monoisotopic (exact) mass is 477 g/mol. The van der Waals surface area contributed by atoms with E-state index in [4.69, 9.17) is 14.2 Å². The fraction of sp³-hybridized carbons (Fsp3) is 0.545. The maximum absolute atomic E-state index is 13.4. The highest BCUT2D eigenvalue weighted by Gasteiger charge is 2.32. The summed E-state index contributed by atoms with van der Waals surface area (Å²) in [6.45, 7) is 9.37. The second-order valence-corrected chi connectivity index (χ2v) is 9.64. The lowest BCUT2D eigenvalue weighted by Crippen LogP contribution is -2.49. The maximum Gasteiger partial charge on any atom is 0.246 e. The molecule has 2 saturated heterocycles. The van der Waals surface area contributed by atoms with Gasteiger partial charge in [-0.15, -0.1) is 5.10 Å². The van der Waals surface area contributed by atoms with Gasteiger partial charge >= 0.3 is 0 Å². The summed E-state index contributed by atoms with van der Waals surface area (Å²) in [5.74, 6) is 1.66. The summed E-state index contributed by atoms with van der Waals surface area (Å²) in [6, 6.07) is 6.89. The van der Waals surface area contributed by atoms with Crippen LogP contribution in [0.5, 0.6) is 11.5 Å². The van der Waals surface area contributed by atoms with Gasteiger partial charge < -0.3 is 24.0 Å². The molecule has 2 fully saturated rings. The molecule has 0 unspecified atom stereocenters. The van der Waals surface area contributed by atoms with Crippen molar-refractivity contribution in [2.45, 2.75) is 18.7 Å². The minimum absolute atomic E-state index is 0.162. The molecule has 0 spiro atoms. The van der Waals surface area contributed by atoms with Crippen LogP contribution in [0.1, 0.15) is 13.8 Å². The first-order chi connectivity index (χ1) is 16.0. The minimum Gasteiger partial charge on any atom is -0.494 e. The number of hydrogen-bond acceptors (Lipinski definition) is 9. The molecule has 11 heteroatoms. The number of rotatable bonds is 8. The molecule has 10 nitrogen and oxygen atoms in total. The third-order valence-corrected chi connectivity index (χ3v) is 7.65. The van der Waals surface area contributed by atoms with E-state index in [1.165, 1.54) is 4.31 Å². The van der Waals surface area contributed by atoms with Gasteiger partial charge in [0.2, 0.25) is 10.0 Å². The van der Waals surface area contributed by atoms with Crippen LogP contribution in [0.4, 0.5) is 11.5 Å². The van der Waals surface area contributed by atoms with E-state index in [2.05, 4.69) is 20.0 Å². The van der Waals surface area contributed by atoms with Gasteiger partial charge in [-0.2, -0.15) is 9.40 Å². The highest BCUT2D eigenvalue weighted by Crippen LogP contribution is 2.32. The Hall–Kier alpha value is -2.63. The van der Waals surface area contributed by atoms with Crippen LogP contribution in [0.2, 0.25) is 0 Å². The van der Waals surface area contributed by atoms with E-state index < -0.39 is 10.0 Å². The Bertz CT molecular complexity index is 1040. The summed E-state index contributed by atoms with van der Waals surface area (Å²) < 4.78 is 44.9. The summed E-state index contributed by atoms with van der Waals surface area (Å²) >= 11 is 0. The third-order valence-electron chi connectivity index (χ3n) is 5.71. The molecule has 0 saturated carbocycles. The van der Waals surface area contributed by atoms with Gasteiger partial charge in [-0.25, -0.2) is 8.42 Å². The van der Waals surface area contributed by atoms with E-state index in [0.29, 0.717) is 64.1 Å². The van der Waals surface area contributed by atoms with Crippen molar-refractivity contribution in [3.63, 3.8) is 0 Å². The predicted molar refractivity (Wildman–Crippen MR) is 125 cm³/mol. The van der Waals surface area contributed by atoms with Gasteiger partial charge in [-0.3, -0.25) is 0 Å². The van der Waals surface area contributed by atoms with Crippen LogP contribution in [0.3, 0.4) is 0 Å². The first-order valence-electron chi connectivity index (χ1n) is 11.3. The molecular weight excluding hydrogens is 446 g/mol. The summed E-state index contributed by atoms with van der Waals surface area (Å²) in [7, 11) is -3.71. The predicted octanol–water partition coefficient (Wildman–Crippen LogP) is 1.62. The van der Waals surface area contributed by atoms with Gasteiger partial charge in [0, 0.05) is 51.4 Å². The van der Waals surface area contributed by atoms with Gasteiger partial charge in [-0.1, -0.05) is 0 Å². The molecule has 0 aliphatic carbocycles. The Morgan fingerprint density at radius 1 is 0.939 bits per heavy atom. The zero-order valence-electron chi connectivity index (χ0n) is 19.1. The van der Waals surface area contributed by atoms with Crippen LogP contribution < -0.4 is 19.3 Å². The number of morpholine rings is 1. The van der Waals surface area contributed by atoms with Gasteiger partial charge in [0.15, 0.2) is 5.82 Å². The van der Waals surface area contributed by atoms with E-state index in [1.807, 2.05) is 19.9 Å². The topological polar surface area (TPSA) is 97.3 Å². The SMILES string of the molecule is CCOc1ccc(S(=O)(=O)N2CCN(c3cc(N4CCOCC4)cnn3)CC2)c(OCC)c1. The smallest absolute Gasteiger partial charge is 0.246 e. The Labute approximate surface area is 195 Å². The van der Waals surface area contributed by atoms with Crippen LogP contribution >= 0.6 is 0 Å². The lowest BCUT2D eigenvalue weighted by atomic mass is 10.3. The first-order valence-corrected chi connectivity index (χ1v) is 12.8. The molecule has 0 bridgehead atoms. The average Bonchev–Trinajstić information content (AvgIpc) is 2.85. The molecule has 0 radical (unpaired) electrons. The fourth-order valence-corrected chi connectivity index (χ4v) is 5.55. The van der Waals surface area contributed by atoms with Crippen molar-refractivity contribution in [3.8, 4) is 11.5 Å². The average molecular weight is 478 g/mol. The van der Waals surface area contributed by atoms with Crippen molar-refractivity contribution in [2.24, 2.45) is 0 Å². The lowest BCUT2D eigenvalue weighted by molar-refractivity contribution is 0.122. The molecule has 0 amide bonds. The van der Waals surface area contributed by atoms with Crippen LogP contribution in [0, 0.1) is 0 Å². The minimum atomic E-state index is -3.71. The van der Waals surface area contributed by atoms with Crippen molar-refractivity contribution < 1.29 is 22.6 Å². The molecule has 33 heavy (non-hydrogen) atoms. The van der Waals surface area contributed by atoms with E-state index in [9.17, 15) is 8.42 Å². The van der Waals surface area contributed by atoms with Crippen molar-refractivity contribution in [2.75, 3.05) is 75.5 Å². The number of piperazine rings is 1. The third kappa shape index (κ3) is 5.31. The molecule has 2 aliphatic heterocycles. The van der Waals surface area contributed by atoms with Crippen LogP contribution in [-0.2, 0) is 14.8 Å². The summed E-state index contributed by atoms with van der Waals surface area (Å²) in [5, 5.41) is 8.46. The van der Waals surface area contributed by atoms with Crippen molar-refractivity contribution >= 4 is 21.5 Å². The standard InChI is InChI=1S/C22H31N5O5S/c1-3-31-19-5-6-21(20(16-19)32-4-2)33(28,29)27-9-7-26(8-10-27)22-15-18(17-23-24-22)25-11-13-30-14-12-25/h5-6,15-17H,3-4,7-14H2,1-2H3. The summed E-state index contributed by atoms with van der Waals surface area (Å²) in [4.78, 5) is 4.46. The van der Waals surface area contributed by atoms with Crippen LogP contribution in [0.25, 0.3) is 0 Å².